The average molecular weight is 281 g/mol. The van der Waals surface area contributed by atoms with Gasteiger partial charge in [0.1, 0.15) is 0 Å². The Hall–Kier alpha value is -0.360. The monoisotopic (exact) mass is 280 g/mol. The molecule has 6 heteroatoms. The van der Waals surface area contributed by atoms with Crippen molar-refractivity contribution in [3.8, 4) is 0 Å². The average Bonchev–Trinajstić information content (AvgIpc) is 2.29. The summed E-state index contributed by atoms with van der Waals surface area (Å²) in [6.45, 7) is 7.97. The highest BCUT2D eigenvalue weighted by Gasteiger charge is 2.30. The standard InChI is InChI=1S/C12H24N2O3.ClH/c1-9(2)6-12(3,8-13)14-11(15)10-7-16-4-5-17-10;/h9-10H,4-8,13H2,1-3H3,(H,14,15);1H. The number of amides is 1. The van der Waals surface area contributed by atoms with Crippen molar-refractivity contribution in [2.24, 2.45) is 11.7 Å². The summed E-state index contributed by atoms with van der Waals surface area (Å²) in [6, 6.07) is 0. The molecule has 1 aliphatic heterocycles. The van der Waals surface area contributed by atoms with Crippen LogP contribution in [0, 0.1) is 5.92 Å². The molecular formula is C12H25ClN2O3. The van der Waals surface area contributed by atoms with E-state index in [0.29, 0.717) is 32.3 Å². The molecule has 2 atom stereocenters. The highest BCUT2D eigenvalue weighted by atomic mass is 35.5. The first kappa shape index (κ1) is 17.6. The molecule has 0 spiro atoms. The van der Waals surface area contributed by atoms with Gasteiger partial charge in [-0.05, 0) is 19.3 Å². The smallest absolute Gasteiger partial charge is 0.252 e. The second-order valence-electron chi connectivity index (χ2n) is 5.29. The van der Waals surface area contributed by atoms with E-state index in [4.69, 9.17) is 15.2 Å². The van der Waals surface area contributed by atoms with Crippen molar-refractivity contribution in [1.82, 2.24) is 5.32 Å². The molecule has 1 rings (SSSR count). The first-order valence-electron chi connectivity index (χ1n) is 6.18. The van der Waals surface area contributed by atoms with E-state index in [1.807, 2.05) is 6.92 Å². The lowest BCUT2D eigenvalue weighted by molar-refractivity contribution is -0.149. The van der Waals surface area contributed by atoms with Gasteiger partial charge in [-0.25, -0.2) is 0 Å². The van der Waals surface area contributed by atoms with E-state index < -0.39 is 6.10 Å². The van der Waals surface area contributed by atoms with Crippen LogP contribution in [0.25, 0.3) is 0 Å². The maximum absolute atomic E-state index is 12.0. The predicted octanol–water partition coefficient (Wildman–Crippen LogP) is 0.703. The van der Waals surface area contributed by atoms with Gasteiger partial charge < -0.3 is 20.5 Å². The van der Waals surface area contributed by atoms with Gasteiger partial charge in [-0.2, -0.15) is 0 Å². The highest BCUT2D eigenvalue weighted by Crippen LogP contribution is 2.16. The van der Waals surface area contributed by atoms with Gasteiger partial charge in [-0.15, -0.1) is 12.4 Å². The van der Waals surface area contributed by atoms with Crippen molar-refractivity contribution >= 4 is 18.3 Å². The number of halogens is 1. The number of hydrogen-bond acceptors (Lipinski definition) is 4. The summed E-state index contributed by atoms with van der Waals surface area (Å²) in [5, 5.41) is 2.98. The Morgan fingerprint density at radius 1 is 1.50 bits per heavy atom. The summed E-state index contributed by atoms with van der Waals surface area (Å²) in [5.41, 5.74) is 5.38. The van der Waals surface area contributed by atoms with Gasteiger partial charge in [-0.3, -0.25) is 4.79 Å². The summed E-state index contributed by atoms with van der Waals surface area (Å²) in [7, 11) is 0. The molecule has 0 bridgehead atoms. The van der Waals surface area contributed by atoms with Crippen molar-refractivity contribution in [3.05, 3.63) is 0 Å². The number of nitrogens with two attached hydrogens (primary N) is 1. The third kappa shape index (κ3) is 5.52. The van der Waals surface area contributed by atoms with E-state index in [9.17, 15) is 4.79 Å². The van der Waals surface area contributed by atoms with Gasteiger partial charge in [0, 0.05) is 12.1 Å². The van der Waals surface area contributed by atoms with Crippen LogP contribution in [0.15, 0.2) is 0 Å². The van der Waals surface area contributed by atoms with Gasteiger partial charge in [0.15, 0.2) is 6.10 Å². The summed E-state index contributed by atoms with van der Waals surface area (Å²) in [5.74, 6) is 0.352. The lowest BCUT2D eigenvalue weighted by Crippen LogP contribution is -2.56. The molecule has 0 radical (unpaired) electrons. The Labute approximate surface area is 115 Å². The minimum Gasteiger partial charge on any atom is -0.376 e. The van der Waals surface area contributed by atoms with E-state index in [0.717, 1.165) is 6.42 Å². The second kappa shape index (κ2) is 7.94. The van der Waals surface area contributed by atoms with Crippen LogP contribution >= 0.6 is 12.4 Å². The molecule has 0 aliphatic carbocycles. The van der Waals surface area contributed by atoms with Gasteiger partial charge in [0.2, 0.25) is 0 Å². The molecular weight excluding hydrogens is 256 g/mol. The SMILES string of the molecule is CC(C)CC(C)(CN)NC(=O)C1COCCO1.Cl. The molecule has 1 fully saturated rings. The zero-order valence-electron chi connectivity index (χ0n) is 11.4. The molecule has 5 nitrogen and oxygen atoms in total. The Kier molecular flexibility index (Phi) is 7.78. The van der Waals surface area contributed by atoms with Crippen molar-refractivity contribution < 1.29 is 14.3 Å². The second-order valence-corrected chi connectivity index (χ2v) is 5.29. The molecule has 1 amide bonds. The van der Waals surface area contributed by atoms with Gasteiger partial charge in [0.05, 0.1) is 19.8 Å². The lowest BCUT2D eigenvalue weighted by Gasteiger charge is -2.33. The molecule has 108 valence electrons. The van der Waals surface area contributed by atoms with E-state index in [1.165, 1.54) is 0 Å². The number of rotatable bonds is 5. The molecule has 0 aromatic heterocycles. The van der Waals surface area contributed by atoms with Crippen molar-refractivity contribution in [2.45, 2.75) is 38.8 Å². The van der Waals surface area contributed by atoms with E-state index >= 15 is 0 Å². The Balaban J connectivity index is 0.00000289. The summed E-state index contributed by atoms with van der Waals surface area (Å²) in [4.78, 5) is 12.0. The quantitative estimate of drug-likeness (QED) is 0.778. The highest BCUT2D eigenvalue weighted by molar-refractivity contribution is 5.85. The van der Waals surface area contributed by atoms with Crippen LogP contribution in [-0.4, -0.2) is 43.9 Å². The molecule has 0 saturated carbocycles. The number of hydrogen-bond donors (Lipinski definition) is 2. The van der Waals surface area contributed by atoms with Crippen LogP contribution in [0.1, 0.15) is 27.2 Å². The molecule has 0 aromatic carbocycles. The first-order valence-corrected chi connectivity index (χ1v) is 6.18. The minimum atomic E-state index is -0.498. The third-order valence-electron chi connectivity index (χ3n) is 2.84. The number of nitrogens with one attached hydrogen (secondary N) is 1. The fourth-order valence-electron chi connectivity index (χ4n) is 2.10. The number of carbonyl (C=O) groups is 1. The van der Waals surface area contributed by atoms with Crippen LogP contribution < -0.4 is 11.1 Å². The molecule has 0 aromatic rings. The predicted molar refractivity (Wildman–Crippen MR) is 72.9 cm³/mol. The molecule has 1 saturated heterocycles. The van der Waals surface area contributed by atoms with E-state index in [1.54, 1.807) is 0 Å². The molecule has 18 heavy (non-hydrogen) atoms. The topological polar surface area (TPSA) is 73.6 Å². The molecule has 2 unspecified atom stereocenters. The Morgan fingerprint density at radius 3 is 2.61 bits per heavy atom. The summed E-state index contributed by atoms with van der Waals surface area (Å²) < 4.78 is 10.6. The zero-order valence-corrected chi connectivity index (χ0v) is 12.2. The van der Waals surface area contributed by atoms with Gasteiger partial charge in [-0.1, -0.05) is 13.8 Å². The Bertz CT molecular complexity index is 258. The van der Waals surface area contributed by atoms with Crippen molar-refractivity contribution in [1.29, 1.82) is 0 Å². The van der Waals surface area contributed by atoms with Crippen LogP contribution in [0.4, 0.5) is 0 Å². The maximum atomic E-state index is 12.0. The third-order valence-corrected chi connectivity index (χ3v) is 2.84. The van der Waals surface area contributed by atoms with Crippen LogP contribution in [-0.2, 0) is 14.3 Å². The molecule has 3 N–H and O–H groups in total. The van der Waals surface area contributed by atoms with Crippen molar-refractivity contribution in [2.75, 3.05) is 26.4 Å². The lowest BCUT2D eigenvalue weighted by atomic mass is 9.90. The fraction of sp³-hybridized carbons (Fsp3) is 0.917. The van der Waals surface area contributed by atoms with Crippen molar-refractivity contribution in [3.63, 3.8) is 0 Å². The van der Waals surface area contributed by atoms with E-state index in [-0.39, 0.29) is 23.9 Å². The first-order chi connectivity index (χ1) is 7.97. The normalized spacial score (nSPS) is 23.1. The Morgan fingerprint density at radius 2 is 2.17 bits per heavy atom. The zero-order chi connectivity index (χ0) is 12.9. The largest absolute Gasteiger partial charge is 0.376 e. The summed E-state index contributed by atoms with van der Waals surface area (Å²) >= 11 is 0. The van der Waals surface area contributed by atoms with Crippen LogP contribution in [0.3, 0.4) is 0 Å². The van der Waals surface area contributed by atoms with Gasteiger partial charge in [0.25, 0.3) is 5.91 Å². The fourth-order valence-corrected chi connectivity index (χ4v) is 2.10. The number of ether oxygens (including phenoxy) is 2. The van der Waals surface area contributed by atoms with Crippen LogP contribution in [0.2, 0.25) is 0 Å². The number of carbonyl (C=O) groups excluding carboxylic acids is 1. The minimum absolute atomic E-state index is 0. The molecule has 1 heterocycles. The van der Waals surface area contributed by atoms with Gasteiger partial charge >= 0.3 is 0 Å². The van der Waals surface area contributed by atoms with Crippen LogP contribution in [0.5, 0.6) is 0 Å². The van der Waals surface area contributed by atoms with E-state index in [2.05, 4.69) is 19.2 Å². The molecule has 1 aliphatic rings. The summed E-state index contributed by atoms with van der Waals surface area (Å²) in [6.07, 6.45) is 0.352. The maximum Gasteiger partial charge on any atom is 0.252 e.